The van der Waals surface area contributed by atoms with Gasteiger partial charge in [0.15, 0.2) is 0 Å². The van der Waals surface area contributed by atoms with Crippen molar-refractivity contribution in [3.63, 3.8) is 0 Å². The SMILES string of the molecule is Cc1cc2ncn(CCOc3ccc(Cl)c(C)c3)c2cc1C. The first-order valence-corrected chi connectivity index (χ1v) is 7.73. The van der Waals surface area contributed by atoms with Gasteiger partial charge in [0.1, 0.15) is 12.4 Å². The van der Waals surface area contributed by atoms with Crippen LogP contribution in [-0.2, 0) is 6.54 Å². The average molecular weight is 315 g/mol. The van der Waals surface area contributed by atoms with Crippen LogP contribution in [0.15, 0.2) is 36.7 Å². The molecule has 0 saturated carbocycles. The van der Waals surface area contributed by atoms with E-state index in [-0.39, 0.29) is 0 Å². The summed E-state index contributed by atoms with van der Waals surface area (Å²) in [4.78, 5) is 4.46. The Labute approximate surface area is 135 Å². The molecule has 0 unspecified atom stereocenters. The smallest absolute Gasteiger partial charge is 0.119 e. The monoisotopic (exact) mass is 314 g/mol. The van der Waals surface area contributed by atoms with Crippen molar-refractivity contribution in [1.82, 2.24) is 9.55 Å². The summed E-state index contributed by atoms with van der Waals surface area (Å²) in [6, 6.07) is 10.0. The zero-order valence-electron chi connectivity index (χ0n) is 13.1. The summed E-state index contributed by atoms with van der Waals surface area (Å²) in [5.41, 5.74) is 5.76. The van der Waals surface area contributed by atoms with Crippen LogP contribution in [0.5, 0.6) is 5.75 Å². The highest BCUT2D eigenvalue weighted by molar-refractivity contribution is 6.31. The third-order valence-corrected chi connectivity index (χ3v) is 4.39. The summed E-state index contributed by atoms with van der Waals surface area (Å²) in [5.74, 6) is 0.846. The van der Waals surface area contributed by atoms with Crippen molar-refractivity contribution in [1.29, 1.82) is 0 Å². The minimum atomic E-state index is 0.597. The molecule has 0 aliphatic rings. The number of fused-ring (bicyclic) bond motifs is 1. The van der Waals surface area contributed by atoms with Crippen LogP contribution in [0.2, 0.25) is 5.02 Å². The number of aryl methyl sites for hydroxylation is 3. The minimum absolute atomic E-state index is 0.597. The van der Waals surface area contributed by atoms with E-state index in [9.17, 15) is 0 Å². The van der Waals surface area contributed by atoms with Gasteiger partial charge in [0.2, 0.25) is 0 Å². The van der Waals surface area contributed by atoms with Crippen molar-refractivity contribution < 1.29 is 4.74 Å². The predicted molar refractivity (Wildman–Crippen MR) is 90.9 cm³/mol. The number of ether oxygens (including phenoxy) is 1. The molecule has 22 heavy (non-hydrogen) atoms. The molecule has 4 heteroatoms. The van der Waals surface area contributed by atoms with Crippen LogP contribution in [0.3, 0.4) is 0 Å². The van der Waals surface area contributed by atoms with Gasteiger partial charge < -0.3 is 9.30 Å². The lowest BCUT2D eigenvalue weighted by Gasteiger charge is -2.09. The van der Waals surface area contributed by atoms with Gasteiger partial charge in [-0.3, -0.25) is 0 Å². The number of benzene rings is 2. The molecular formula is C18H19ClN2O. The molecule has 0 aliphatic carbocycles. The Balaban J connectivity index is 1.71. The lowest BCUT2D eigenvalue weighted by atomic mass is 10.1. The normalized spacial score (nSPS) is 11.1. The molecule has 0 aliphatic heterocycles. The van der Waals surface area contributed by atoms with E-state index in [1.54, 1.807) is 0 Å². The van der Waals surface area contributed by atoms with Crippen LogP contribution >= 0.6 is 11.6 Å². The van der Waals surface area contributed by atoms with Crippen molar-refractivity contribution in [2.75, 3.05) is 6.61 Å². The molecule has 3 nitrogen and oxygen atoms in total. The molecule has 3 aromatic rings. The third-order valence-electron chi connectivity index (χ3n) is 3.97. The maximum Gasteiger partial charge on any atom is 0.119 e. The number of hydrogen-bond donors (Lipinski definition) is 0. The highest BCUT2D eigenvalue weighted by atomic mass is 35.5. The van der Waals surface area contributed by atoms with Gasteiger partial charge in [0.25, 0.3) is 0 Å². The third kappa shape index (κ3) is 2.95. The molecule has 0 radical (unpaired) electrons. The zero-order chi connectivity index (χ0) is 15.7. The quantitative estimate of drug-likeness (QED) is 0.698. The van der Waals surface area contributed by atoms with Crippen molar-refractivity contribution in [3.8, 4) is 5.75 Å². The van der Waals surface area contributed by atoms with Crippen LogP contribution < -0.4 is 4.74 Å². The summed E-state index contributed by atoms with van der Waals surface area (Å²) in [6.45, 7) is 7.57. The molecule has 0 amide bonds. The Morgan fingerprint density at radius 1 is 1.05 bits per heavy atom. The molecule has 1 aromatic heterocycles. The minimum Gasteiger partial charge on any atom is -0.492 e. The first-order valence-electron chi connectivity index (χ1n) is 7.35. The highest BCUT2D eigenvalue weighted by Gasteiger charge is 2.05. The van der Waals surface area contributed by atoms with Crippen LogP contribution in [-0.4, -0.2) is 16.2 Å². The molecule has 1 heterocycles. The van der Waals surface area contributed by atoms with Gasteiger partial charge in [-0.25, -0.2) is 4.98 Å². The number of imidazole rings is 1. The van der Waals surface area contributed by atoms with E-state index in [4.69, 9.17) is 16.3 Å². The van der Waals surface area contributed by atoms with Crippen LogP contribution in [0.1, 0.15) is 16.7 Å². The zero-order valence-corrected chi connectivity index (χ0v) is 13.8. The number of hydrogen-bond acceptors (Lipinski definition) is 2. The Hall–Kier alpha value is -2.00. The van der Waals surface area contributed by atoms with Crippen molar-refractivity contribution in [3.05, 3.63) is 58.4 Å². The Morgan fingerprint density at radius 3 is 2.59 bits per heavy atom. The highest BCUT2D eigenvalue weighted by Crippen LogP contribution is 2.21. The van der Waals surface area contributed by atoms with Gasteiger partial charge in [-0.05, 0) is 67.8 Å². The molecule has 0 atom stereocenters. The second kappa shape index (κ2) is 6.01. The fourth-order valence-corrected chi connectivity index (χ4v) is 2.58. The summed E-state index contributed by atoms with van der Waals surface area (Å²) < 4.78 is 7.94. The van der Waals surface area contributed by atoms with E-state index in [0.717, 1.165) is 33.9 Å². The molecular weight excluding hydrogens is 296 g/mol. The predicted octanol–water partition coefficient (Wildman–Crippen LogP) is 4.69. The van der Waals surface area contributed by atoms with E-state index >= 15 is 0 Å². The fraction of sp³-hybridized carbons (Fsp3) is 0.278. The van der Waals surface area contributed by atoms with Gasteiger partial charge in [-0.2, -0.15) is 0 Å². The Kier molecular flexibility index (Phi) is 4.08. The average Bonchev–Trinajstić information content (AvgIpc) is 2.86. The first kappa shape index (κ1) is 14.9. The molecule has 2 aromatic carbocycles. The lowest BCUT2D eigenvalue weighted by Crippen LogP contribution is -2.07. The van der Waals surface area contributed by atoms with E-state index in [2.05, 4.69) is 35.5 Å². The summed E-state index contributed by atoms with van der Waals surface area (Å²) in [6.07, 6.45) is 1.88. The maximum absolute atomic E-state index is 6.02. The topological polar surface area (TPSA) is 27.1 Å². The van der Waals surface area contributed by atoms with E-state index < -0.39 is 0 Å². The largest absolute Gasteiger partial charge is 0.492 e. The van der Waals surface area contributed by atoms with Gasteiger partial charge in [0, 0.05) is 5.02 Å². The van der Waals surface area contributed by atoms with Crippen LogP contribution in [0.4, 0.5) is 0 Å². The molecule has 114 valence electrons. The molecule has 0 saturated heterocycles. The number of halogens is 1. The second-order valence-electron chi connectivity index (χ2n) is 5.62. The van der Waals surface area contributed by atoms with Crippen LogP contribution in [0, 0.1) is 20.8 Å². The van der Waals surface area contributed by atoms with E-state index in [1.807, 2.05) is 31.5 Å². The molecule has 0 bridgehead atoms. The van der Waals surface area contributed by atoms with Gasteiger partial charge in [0.05, 0.1) is 23.9 Å². The molecule has 0 fully saturated rings. The van der Waals surface area contributed by atoms with Crippen molar-refractivity contribution >= 4 is 22.6 Å². The van der Waals surface area contributed by atoms with Crippen LogP contribution in [0.25, 0.3) is 11.0 Å². The molecule has 0 N–H and O–H groups in total. The number of aromatic nitrogens is 2. The Morgan fingerprint density at radius 2 is 1.82 bits per heavy atom. The van der Waals surface area contributed by atoms with Gasteiger partial charge in [-0.1, -0.05) is 11.6 Å². The van der Waals surface area contributed by atoms with Crippen molar-refractivity contribution in [2.24, 2.45) is 0 Å². The van der Waals surface area contributed by atoms with E-state index in [0.29, 0.717) is 6.61 Å². The summed E-state index contributed by atoms with van der Waals surface area (Å²) in [7, 11) is 0. The fourth-order valence-electron chi connectivity index (χ4n) is 2.46. The summed E-state index contributed by atoms with van der Waals surface area (Å²) >= 11 is 6.02. The summed E-state index contributed by atoms with van der Waals surface area (Å²) in [5, 5.41) is 0.763. The number of nitrogens with zero attached hydrogens (tertiary/aromatic N) is 2. The lowest BCUT2D eigenvalue weighted by molar-refractivity contribution is 0.300. The number of rotatable bonds is 4. The van der Waals surface area contributed by atoms with E-state index in [1.165, 1.54) is 11.1 Å². The Bertz CT molecular complexity index is 823. The molecule has 3 rings (SSSR count). The second-order valence-corrected chi connectivity index (χ2v) is 6.03. The standard InChI is InChI=1S/C18H19ClN2O/c1-12-9-17-18(10-13(12)2)21(11-20-17)6-7-22-15-4-5-16(19)14(3)8-15/h4-5,8-11H,6-7H2,1-3H3. The van der Waals surface area contributed by atoms with Gasteiger partial charge >= 0.3 is 0 Å². The van der Waals surface area contributed by atoms with Gasteiger partial charge in [-0.15, -0.1) is 0 Å². The molecule has 0 spiro atoms. The first-order chi connectivity index (χ1) is 10.5. The maximum atomic E-state index is 6.02. The van der Waals surface area contributed by atoms with Crippen molar-refractivity contribution in [2.45, 2.75) is 27.3 Å².